The van der Waals surface area contributed by atoms with Gasteiger partial charge in [-0.2, -0.15) is 4.98 Å². The molecule has 1 amide bonds. The lowest BCUT2D eigenvalue weighted by molar-refractivity contribution is -0.128. The Morgan fingerprint density at radius 3 is 2.34 bits per heavy atom. The molecule has 9 nitrogen and oxygen atoms in total. The Morgan fingerprint density at radius 2 is 1.66 bits per heavy atom. The maximum atomic E-state index is 12.7. The van der Waals surface area contributed by atoms with Gasteiger partial charge in [0.05, 0.1) is 34.0 Å². The molecule has 0 saturated carbocycles. The summed E-state index contributed by atoms with van der Waals surface area (Å²) in [6.45, 7) is 0.923. The van der Waals surface area contributed by atoms with Crippen molar-refractivity contribution >= 4 is 5.91 Å². The second-order valence-corrected chi connectivity index (χ2v) is 7.38. The molecule has 1 unspecified atom stereocenters. The zero-order valence-corrected chi connectivity index (χ0v) is 18.5. The van der Waals surface area contributed by atoms with Crippen molar-refractivity contribution in [2.45, 2.75) is 18.9 Å². The fraction of sp³-hybridized carbons (Fsp3) is 0.348. The molecule has 168 valence electrons. The summed E-state index contributed by atoms with van der Waals surface area (Å²) < 4.78 is 26.8. The van der Waals surface area contributed by atoms with Gasteiger partial charge in [-0.1, -0.05) is 5.16 Å². The summed E-state index contributed by atoms with van der Waals surface area (Å²) in [5.41, 5.74) is 1.57. The van der Waals surface area contributed by atoms with Crippen molar-refractivity contribution in [3.8, 4) is 34.5 Å². The third-order valence-electron chi connectivity index (χ3n) is 5.52. The molecule has 1 aliphatic rings. The van der Waals surface area contributed by atoms with Crippen LogP contribution in [0.3, 0.4) is 0 Å². The van der Waals surface area contributed by atoms with E-state index in [0.717, 1.165) is 5.56 Å². The molecular weight excluding hydrogens is 414 g/mol. The van der Waals surface area contributed by atoms with Gasteiger partial charge in [0, 0.05) is 43.1 Å². The van der Waals surface area contributed by atoms with Crippen LogP contribution in [0.1, 0.15) is 23.7 Å². The van der Waals surface area contributed by atoms with E-state index in [2.05, 4.69) is 10.1 Å². The maximum absolute atomic E-state index is 12.7. The number of likely N-dealkylation sites (tertiary alicyclic amines) is 1. The van der Waals surface area contributed by atoms with Gasteiger partial charge in [0.25, 0.3) is 5.89 Å². The first-order chi connectivity index (χ1) is 15.6. The molecule has 3 aromatic rings. The van der Waals surface area contributed by atoms with Crippen LogP contribution < -0.4 is 18.9 Å². The fourth-order valence-corrected chi connectivity index (χ4v) is 3.77. The molecule has 4 rings (SSSR count). The van der Waals surface area contributed by atoms with Crippen LogP contribution in [0.25, 0.3) is 11.5 Å². The molecule has 1 atom stereocenters. The Hall–Kier alpha value is -3.75. The quantitative estimate of drug-likeness (QED) is 0.528. The van der Waals surface area contributed by atoms with Crippen LogP contribution in [0, 0.1) is 0 Å². The molecule has 1 fully saturated rings. The summed E-state index contributed by atoms with van der Waals surface area (Å²) in [5.74, 6) is 3.30. The predicted octanol–water partition coefficient (Wildman–Crippen LogP) is 3.29. The van der Waals surface area contributed by atoms with Crippen molar-refractivity contribution in [2.24, 2.45) is 0 Å². The summed E-state index contributed by atoms with van der Waals surface area (Å²) in [4.78, 5) is 19.0. The fourth-order valence-electron chi connectivity index (χ4n) is 3.77. The average Bonchev–Trinajstić information content (AvgIpc) is 3.46. The lowest BCUT2D eigenvalue weighted by atomic mass is 10.1. The number of methoxy groups -OCH3 is 4. The minimum atomic E-state index is -0.159. The van der Waals surface area contributed by atoms with Gasteiger partial charge in [0.15, 0.2) is 5.82 Å². The molecule has 1 saturated heterocycles. The topological polar surface area (TPSA) is 96.2 Å². The molecule has 0 radical (unpaired) electrons. The Balaban J connectivity index is 1.50. The summed E-state index contributed by atoms with van der Waals surface area (Å²) in [6.07, 6.45) is 0.317. The Kier molecular flexibility index (Phi) is 6.16. The first kappa shape index (κ1) is 21.5. The van der Waals surface area contributed by atoms with Crippen molar-refractivity contribution in [3.63, 3.8) is 0 Å². The Labute approximate surface area is 185 Å². The van der Waals surface area contributed by atoms with E-state index < -0.39 is 0 Å². The van der Waals surface area contributed by atoms with Gasteiger partial charge in [-0.05, 0) is 24.3 Å². The number of hydrogen-bond donors (Lipinski definition) is 0. The highest BCUT2D eigenvalue weighted by Gasteiger charge is 2.34. The molecule has 32 heavy (non-hydrogen) atoms. The third kappa shape index (κ3) is 4.18. The largest absolute Gasteiger partial charge is 0.497 e. The molecule has 0 aliphatic carbocycles. The summed E-state index contributed by atoms with van der Waals surface area (Å²) in [6, 6.07) is 10.9. The molecular formula is C23H25N3O6. The first-order valence-electron chi connectivity index (χ1n) is 10.1. The van der Waals surface area contributed by atoms with Crippen LogP contribution in [0.2, 0.25) is 0 Å². The number of rotatable bonds is 8. The van der Waals surface area contributed by atoms with Gasteiger partial charge in [-0.25, -0.2) is 0 Å². The number of ether oxygens (including phenoxy) is 4. The number of hydrogen-bond acceptors (Lipinski definition) is 8. The van der Waals surface area contributed by atoms with Crippen LogP contribution >= 0.6 is 0 Å². The third-order valence-corrected chi connectivity index (χ3v) is 5.52. The summed E-state index contributed by atoms with van der Waals surface area (Å²) in [7, 11) is 6.35. The monoisotopic (exact) mass is 439 g/mol. The summed E-state index contributed by atoms with van der Waals surface area (Å²) >= 11 is 0. The van der Waals surface area contributed by atoms with Crippen LogP contribution in [0.5, 0.6) is 23.0 Å². The van der Waals surface area contributed by atoms with E-state index in [4.69, 9.17) is 23.5 Å². The van der Waals surface area contributed by atoms with Gasteiger partial charge >= 0.3 is 0 Å². The number of carbonyl (C=O) groups is 1. The van der Waals surface area contributed by atoms with Crippen molar-refractivity contribution < 1.29 is 28.3 Å². The predicted molar refractivity (Wildman–Crippen MR) is 115 cm³/mol. The van der Waals surface area contributed by atoms with Crippen molar-refractivity contribution in [3.05, 3.63) is 47.8 Å². The summed E-state index contributed by atoms with van der Waals surface area (Å²) in [5, 5.41) is 4.13. The zero-order chi connectivity index (χ0) is 22.7. The van der Waals surface area contributed by atoms with Crippen molar-refractivity contribution in [1.82, 2.24) is 15.0 Å². The van der Waals surface area contributed by atoms with Gasteiger partial charge in [-0.15, -0.1) is 0 Å². The molecule has 0 spiro atoms. The number of benzene rings is 2. The minimum Gasteiger partial charge on any atom is -0.497 e. The van der Waals surface area contributed by atoms with Crippen molar-refractivity contribution in [1.29, 1.82) is 0 Å². The second-order valence-electron chi connectivity index (χ2n) is 7.38. The molecule has 2 heterocycles. The standard InChI is InChI=1S/C23H25N3O6/c1-28-16-6-5-14(19(10-16)30-3)12-26-13-15(9-21(26)27)22-24-23(32-25-22)18-8-7-17(29-2)11-20(18)31-4/h5-8,10-11,15H,9,12-13H2,1-4H3. The van der Waals surface area contributed by atoms with E-state index in [0.29, 0.717) is 59.8 Å². The SMILES string of the molecule is COc1ccc(CN2CC(c3noc(-c4ccc(OC)cc4OC)n3)CC2=O)c(OC)c1. The lowest BCUT2D eigenvalue weighted by Gasteiger charge is -2.18. The normalized spacial score (nSPS) is 15.7. The smallest absolute Gasteiger partial charge is 0.261 e. The van der Waals surface area contributed by atoms with E-state index in [1.807, 2.05) is 12.1 Å². The van der Waals surface area contributed by atoms with E-state index in [1.165, 1.54) is 0 Å². The van der Waals surface area contributed by atoms with Gasteiger partial charge in [0.1, 0.15) is 23.0 Å². The van der Waals surface area contributed by atoms with Crippen LogP contribution in [-0.4, -0.2) is 55.9 Å². The zero-order valence-electron chi connectivity index (χ0n) is 18.5. The van der Waals surface area contributed by atoms with Crippen LogP contribution in [0.4, 0.5) is 0 Å². The van der Waals surface area contributed by atoms with E-state index in [-0.39, 0.29) is 11.8 Å². The van der Waals surface area contributed by atoms with Crippen LogP contribution in [-0.2, 0) is 11.3 Å². The number of aromatic nitrogens is 2. The molecule has 9 heteroatoms. The van der Waals surface area contributed by atoms with E-state index >= 15 is 0 Å². The van der Waals surface area contributed by atoms with E-state index in [9.17, 15) is 4.79 Å². The number of carbonyl (C=O) groups excluding carboxylic acids is 1. The minimum absolute atomic E-state index is 0.0289. The molecule has 1 aromatic heterocycles. The van der Waals surface area contributed by atoms with Gasteiger partial charge in [0.2, 0.25) is 5.91 Å². The Bertz CT molecular complexity index is 1110. The first-order valence-corrected chi connectivity index (χ1v) is 10.1. The highest BCUT2D eigenvalue weighted by atomic mass is 16.5. The number of nitrogens with zero attached hydrogens (tertiary/aromatic N) is 3. The average molecular weight is 439 g/mol. The highest BCUT2D eigenvalue weighted by molar-refractivity contribution is 5.79. The highest BCUT2D eigenvalue weighted by Crippen LogP contribution is 2.35. The van der Waals surface area contributed by atoms with Gasteiger partial charge < -0.3 is 28.4 Å². The molecule has 1 aliphatic heterocycles. The molecule has 0 N–H and O–H groups in total. The molecule has 2 aromatic carbocycles. The van der Waals surface area contributed by atoms with E-state index in [1.54, 1.807) is 57.6 Å². The number of amides is 1. The Morgan fingerprint density at radius 1 is 0.969 bits per heavy atom. The van der Waals surface area contributed by atoms with Crippen LogP contribution in [0.15, 0.2) is 40.9 Å². The second kappa shape index (κ2) is 9.17. The van der Waals surface area contributed by atoms with Gasteiger partial charge in [-0.3, -0.25) is 4.79 Å². The lowest BCUT2D eigenvalue weighted by Crippen LogP contribution is -2.24. The maximum Gasteiger partial charge on any atom is 0.261 e. The van der Waals surface area contributed by atoms with Crippen molar-refractivity contribution in [2.75, 3.05) is 35.0 Å². The molecule has 0 bridgehead atoms.